The van der Waals surface area contributed by atoms with Gasteiger partial charge in [-0.25, -0.2) is 0 Å². The Hall–Kier alpha value is -2.21. The van der Waals surface area contributed by atoms with Gasteiger partial charge in [-0.3, -0.25) is 4.79 Å². The number of fused-ring (bicyclic) bond motifs is 1. The molecular formula is C16H18N4O2. The predicted molar refractivity (Wildman–Crippen MR) is 79.8 cm³/mol. The number of nitrogens with zero attached hydrogens (tertiary/aromatic N) is 4. The van der Waals surface area contributed by atoms with Crippen molar-refractivity contribution in [2.45, 2.75) is 32.0 Å². The number of aromatic nitrogens is 3. The normalized spacial score (nSPS) is 20.9. The van der Waals surface area contributed by atoms with Crippen molar-refractivity contribution in [3.63, 3.8) is 0 Å². The van der Waals surface area contributed by atoms with Crippen molar-refractivity contribution in [3.8, 4) is 11.4 Å². The molecule has 3 heterocycles. The van der Waals surface area contributed by atoms with E-state index in [1.54, 1.807) is 0 Å². The third kappa shape index (κ3) is 2.29. The van der Waals surface area contributed by atoms with Crippen LogP contribution in [0.2, 0.25) is 0 Å². The number of carbonyl (C=O) groups is 1. The van der Waals surface area contributed by atoms with E-state index < -0.39 is 0 Å². The van der Waals surface area contributed by atoms with Gasteiger partial charge in [0, 0.05) is 25.3 Å². The van der Waals surface area contributed by atoms with E-state index >= 15 is 0 Å². The van der Waals surface area contributed by atoms with E-state index in [-0.39, 0.29) is 12.0 Å². The second kappa shape index (κ2) is 5.53. The van der Waals surface area contributed by atoms with Crippen molar-refractivity contribution in [2.75, 3.05) is 13.2 Å². The molecule has 0 N–H and O–H groups in total. The quantitative estimate of drug-likeness (QED) is 0.842. The van der Waals surface area contributed by atoms with Crippen LogP contribution in [0.5, 0.6) is 0 Å². The first-order valence-corrected chi connectivity index (χ1v) is 7.71. The van der Waals surface area contributed by atoms with E-state index in [1.807, 2.05) is 35.2 Å². The van der Waals surface area contributed by atoms with Gasteiger partial charge in [0.25, 0.3) is 5.91 Å². The second-order valence-electron chi connectivity index (χ2n) is 5.72. The molecule has 2 aromatic rings. The Morgan fingerprint density at radius 3 is 2.82 bits per heavy atom. The van der Waals surface area contributed by atoms with Crippen LogP contribution in [-0.2, 0) is 22.6 Å². The summed E-state index contributed by atoms with van der Waals surface area (Å²) in [6.45, 7) is 2.62. The van der Waals surface area contributed by atoms with Gasteiger partial charge in [-0.05, 0) is 12.8 Å². The lowest BCUT2D eigenvalue weighted by Crippen LogP contribution is -2.43. The lowest BCUT2D eigenvalue weighted by molar-refractivity contribution is -0.142. The van der Waals surface area contributed by atoms with E-state index in [2.05, 4.69) is 14.8 Å². The average Bonchev–Trinajstić information content (AvgIpc) is 3.24. The molecule has 2 aliphatic heterocycles. The zero-order chi connectivity index (χ0) is 14.9. The molecule has 0 aliphatic carbocycles. The topological polar surface area (TPSA) is 60.2 Å². The Labute approximate surface area is 128 Å². The summed E-state index contributed by atoms with van der Waals surface area (Å²) in [5, 5.41) is 8.57. The van der Waals surface area contributed by atoms with Crippen LogP contribution in [0.1, 0.15) is 18.7 Å². The molecule has 22 heavy (non-hydrogen) atoms. The predicted octanol–water partition coefficient (Wildman–Crippen LogP) is 1.47. The molecule has 0 spiro atoms. The fourth-order valence-electron chi connectivity index (χ4n) is 3.12. The monoisotopic (exact) mass is 298 g/mol. The minimum atomic E-state index is -0.261. The van der Waals surface area contributed by atoms with E-state index in [4.69, 9.17) is 4.74 Å². The van der Waals surface area contributed by atoms with Gasteiger partial charge in [0.15, 0.2) is 11.6 Å². The van der Waals surface area contributed by atoms with Crippen LogP contribution in [-0.4, -0.2) is 44.8 Å². The summed E-state index contributed by atoms with van der Waals surface area (Å²) in [6, 6.07) is 10.0. The molecule has 6 nitrogen and oxygen atoms in total. The molecule has 1 aromatic heterocycles. The Morgan fingerprint density at radius 1 is 1.18 bits per heavy atom. The number of benzene rings is 1. The molecule has 0 saturated carbocycles. The first kappa shape index (κ1) is 13.5. The molecular weight excluding hydrogens is 280 g/mol. The first-order chi connectivity index (χ1) is 10.8. The molecule has 1 aromatic carbocycles. The van der Waals surface area contributed by atoms with Gasteiger partial charge < -0.3 is 14.2 Å². The smallest absolute Gasteiger partial charge is 0.252 e. The molecule has 6 heteroatoms. The van der Waals surface area contributed by atoms with E-state index in [1.165, 1.54) is 0 Å². The van der Waals surface area contributed by atoms with Gasteiger partial charge >= 0.3 is 0 Å². The summed E-state index contributed by atoms with van der Waals surface area (Å²) < 4.78 is 7.60. The molecule has 4 rings (SSSR count). The van der Waals surface area contributed by atoms with Crippen molar-refractivity contribution in [2.24, 2.45) is 0 Å². The zero-order valence-corrected chi connectivity index (χ0v) is 12.3. The zero-order valence-electron chi connectivity index (χ0n) is 12.3. The SMILES string of the molecule is O=C(C1CCCO1)N1CCn2c(nnc2-c2ccccc2)C1. The molecule has 1 unspecified atom stereocenters. The van der Waals surface area contributed by atoms with Crippen LogP contribution in [0.15, 0.2) is 30.3 Å². The summed E-state index contributed by atoms with van der Waals surface area (Å²) >= 11 is 0. The van der Waals surface area contributed by atoms with Crippen LogP contribution in [0.25, 0.3) is 11.4 Å². The van der Waals surface area contributed by atoms with Crippen LogP contribution in [0, 0.1) is 0 Å². The van der Waals surface area contributed by atoms with Crippen LogP contribution < -0.4 is 0 Å². The third-order valence-electron chi connectivity index (χ3n) is 4.30. The molecule has 1 saturated heterocycles. The van der Waals surface area contributed by atoms with Gasteiger partial charge in [0.2, 0.25) is 0 Å². The Morgan fingerprint density at radius 2 is 2.05 bits per heavy atom. The number of hydrogen-bond donors (Lipinski definition) is 0. The van der Waals surface area contributed by atoms with E-state index in [0.29, 0.717) is 19.7 Å². The summed E-state index contributed by atoms with van der Waals surface area (Å²) in [5.74, 6) is 1.81. The first-order valence-electron chi connectivity index (χ1n) is 7.71. The van der Waals surface area contributed by atoms with Crippen molar-refractivity contribution >= 4 is 5.91 Å². The minimum Gasteiger partial charge on any atom is -0.368 e. The lowest BCUT2D eigenvalue weighted by Gasteiger charge is -2.29. The maximum absolute atomic E-state index is 12.4. The Bertz CT molecular complexity index is 677. The summed E-state index contributed by atoms with van der Waals surface area (Å²) in [4.78, 5) is 14.3. The standard InChI is InChI=1S/C16H18N4O2/c21-16(13-7-4-10-22-13)19-8-9-20-14(11-19)17-18-15(20)12-5-2-1-3-6-12/h1-3,5-6,13H,4,7-11H2. The van der Waals surface area contributed by atoms with Gasteiger partial charge in [0.05, 0.1) is 6.54 Å². The van der Waals surface area contributed by atoms with Crippen molar-refractivity contribution in [3.05, 3.63) is 36.2 Å². The summed E-state index contributed by atoms with van der Waals surface area (Å²) in [5.41, 5.74) is 1.06. The van der Waals surface area contributed by atoms with E-state index in [0.717, 1.165) is 36.6 Å². The third-order valence-corrected chi connectivity index (χ3v) is 4.30. The minimum absolute atomic E-state index is 0.0908. The number of ether oxygens (including phenoxy) is 1. The van der Waals surface area contributed by atoms with Crippen LogP contribution in [0.4, 0.5) is 0 Å². The molecule has 114 valence electrons. The number of rotatable bonds is 2. The van der Waals surface area contributed by atoms with Crippen molar-refractivity contribution in [1.82, 2.24) is 19.7 Å². The average molecular weight is 298 g/mol. The largest absolute Gasteiger partial charge is 0.368 e. The van der Waals surface area contributed by atoms with Gasteiger partial charge in [-0.15, -0.1) is 10.2 Å². The van der Waals surface area contributed by atoms with Crippen LogP contribution >= 0.6 is 0 Å². The Balaban J connectivity index is 1.55. The molecule has 1 fully saturated rings. The molecule has 2 aliphatic rings. The van der Waals surface area contributed by atoms with Crippen molar-refractivity contribution < 1.29 is 9.53 Å². The molecule has 0 radical (unpaired) electrons. The maximum atomic E-state index is 12.4. The highest BCUT2D eigenvalue weighted by molar-refractivity contribution is 5.81. The highest BCUT2D eigenvalue weighted by Gasteiger charge is 2.31. The molecule has 0 bridgehead atoms. The fraction of sp³-hybridized carbons (Fsp3) is 0.438. The van der Waals surface area contributed by atoms with Crippen LogP contribution in [0.3, 0.4) is 0 Å². The van der Waals surface area contributed by atoms with Gasteiger partial charge in [0.1, 0.15) is 6.10 Å². The number of carbonyl (C=O) groups excluding carboxylic acids is 1. The van der Waals surface area contributed by atoms with Crippen molar-refractivity contribution in [1.29, 1.82) is 0 Å². The molecule has 1 atom stereocenters. The summed E-state index contributed by atoms with van der Waals surface area (Å²) in [7, 11) is 0. The lowest BCUT2D eigenvalue weighted by atomic mass is 10.2. The number of hydrogen-bond acceptors (Lipinski definition) is 4. The Kier molecular flexibility index (Phi) is 3.38. The van der Waals surface area contributed by atoms with Gasteiger partial charge in [-0.2, -0.15) is 0 Å². The maximum Gasteiger partial charge on any atom is 0.252 e. The highest BCUT2D eigenvalue weighted by Crippen LogP contribution is 2.23. The second-order valence-corrected chi connectivity index (χ2v) is 5.72. The fourth-order valence-corrected chi connectivity index (χ4v) is 3.12. The highest BCUT2D eigenvalue weighted by atomic mass is 16.5. The summed E-state index contributed by atoms with van der Waals surface area (Å²) in [6.07, 6.45) is 1.54. The number of amides is 1. The molecule has 1 amide bonds. The van der Waals surface area contributed by atoms with E-state index in [9.17, 15) is 4.79 Å². The van der Waals surface area contributed by atoms with Gasteiger partial charge in [-0.1, -0.05) is 30.3 Å².